The van der Waals surface area contributed by atoms with Gasteiger partial charge in [-0.05, 0) is 51.4 Å². The lowest BCUT2D eigenvalue weighted by atomic mass is 10.0. The molecule has 2 atom stereocenters. The number of rotatable bonds is 68. The summed E-state index contributed by atoms with van der Waals surface area (Å²) in [5.41, 5.74) is 0. The predicted molar refractivity (Wildman–Crippen MR) is 343 cm³/mol. The van der Waals surface area contributed by atoms with Crippen molar-refractivity contribution in [3.63, 3.8) is 0 Å². The molecule has 0 saturated heterocycles. The van der Waals surface area contributed by atoms with Gasteiger partial charge in [0.15, 0.2) is 0 Å². The minimum Gasteiger partial charge on any atom is -0.466 e. The zero-order valence-corrected chi connectivity index (χ0v) is 53.2. The Balaban J connectivity index is 3.39. The van der Waals surface area contributed by atoms with Crippen LogP contribution >= 0.6 is 0 Å². The standard InChI is InChI=1S/C72H141NO5/c1-3-5-7-9-11-13-15-17-19-21-23-24-25-26-27-28-29-32-36-40-44-48-52-56-60-64-70(75)69(68-74)73-71(76)65-61-57-53-49-45-41-37-33-30-31-35-39-43-47-51-55-59-63-67-78-72(77)66-62-58-54-50-46-42-38-34-22-20-18-16-14-12-10-8-6-4-2/h20,22,69-70,74-75H,3-19,21,23-68H2,1-2H3,(H,73,76)/b22-20-. The van der Waals surface area contributed by atoms with Crippen LogP contribution in [-0.4, -0.2) is 47.4 Å². The van der Waals surface area contributed by atoms with Gasteiger partial charge in [0.05, 0.1) is 25.4 Å². The number of amides is 1. The Morgan fingerprint density at radius 1 is 0.346 bits per heavy atom. The van der Waals surface area contributed by atoms with Gasteiger partial charge in [-0.3, -0.25) is 9.59 Å². The van der Waals surface area contributed by atoms with Crippen LogP contribution in [0.2, 0.25) is 0 Å². The highest BCUT2D eigenvalue weighted by Gasteiger charge is 2.20. The Kier molecular flexibility index (Phi) is 66.9. The Hall–Kier alpha value is -1.40. The van der Waals surface area contributed by atoms with Crippen LogP contribution in [0.25, 0.3) is 0 Å². The number of carbonyl (C=O) groups excluding carboxylic acids is 2. The first-order valence-corrected chi connectivity index (χ1v) is 35.9. The van der Waals surface area contributed by atoms with Crippen molar-refractivity contribution in [3.8, 4) is 0 Å². The van der Waals surface area contributed by atoms with Crippen LogP contribution in [0.4, 0.5) is 0 Å². The third-order valence-corrected chi connectivity index (χ3v) is 17.1. The normalized spacial score (nSPS) is 12.5. The number of hydrogen-bond donors (Lipinski definition) is 3. The van der Waals surface area contributed by atoms with E-state index in [1.807, 2.05) is 0 Å². The predicted octanol–water partition coefficient (Wildman–Crippen LogP) is 23.1. The summed E-state index contributed by atoms with van der Waals surface area (Å²) in [5.74, 6) is -0.0274. The van der Waals surface area contributed by atoms with E-state index in [1.54, 1.807) is 0 Å². The van der Waals surface area contributed by atoms with Crippen LogP contribution in [0.15, 0.2) is 12.2 Å². The molecule has 464 valence electrons. The second-order valence-electron chi connectivity index (χ2n) is 24.9. The minimum atomic E-state index is -0.668. The van der Waals surface area contributed by atoms with Gasteiger partial charge < -0.3 is 20.3 Å². The number of unbranched alkanes of at least 4 members (excludes halogenated alkanes) is 55. The number of aliphatic hydroxyl groups is 2. The summed E-state index contributed by atoms with van der Waals surface area (Å²) < 4.78 is 5.50. The summed E-state index contributed by atoms with van der Waals surface area (Å²) in [5, 5.41) is 23.5. The minimum absolute atomic E-state index is 0.00609. The SMILES string of the molecule is CCCCCCCCC/C=C\CCCCCCCCCC(=O)OCCCCCCCCCCCCCCCCCCCCC(=O)NC(CO)C(O)CCCCCCCCCCCCCCCCCCCCCCCCCCC. The second kappa shape index (κ2) is 68.1. The maximum absolute atomic E-state index is 12.6. The van der Waals surface area contributed by atoms with Gasteiger partial charge in [0.25, 0.3) is 0 Å². The van der Waals surface area contributed by atoms with Crippen molar-refractivity contribution in [1.82, 2.24) is 5.32 Å². The van der Waals surface area contributed by atoms with Gasteiger partial charge >= 0.3 is 5.97 Å². The molecule has 2 unspecified atom stereocenters. The summed E-state index contributed by atoms with van der Waals surface area (Å²) in [6.07, 6.45) is 84.0. The monoisotopic (exact) mass is 1100 g/mol. The molecule has 6 heteroatoms. The molecule has 1 amide bonds. The van der Waals surface area contributed by atoms with Crippen molar-refractivity contribution in [2.24, 2.45) is 0 Å². The largest absolute Gasteiger partial charge is 0.466 e. The van der Waals surface area contributed by atoms with E-state index in [1.165, 1.54) is 334 Å². The van der Waals surface area contributed by atoms with Crippen molar-refractivity contribution < 1.29 is 24.5 Å². The fourth-order valence-corrected chi connectivity index (χ4v) is 11.6. The van der Waals surface area contributed by atoms with Gasteiger partial charge in [0.2, 0.25) is 5.91 Å². The Morgan fingerprint density at radius 2 is 0.603 bits per heavy atom. The van der Waals surface area contributed by atoms with Crippen LogP contribution in [0, 0.1) is 0 Å². The average molecular weight is 1100 g/mol. The molecular formula is C72H141NO5. The average Bonchev–Trinajstić information content (AvgIpc) is 3.44. The van der Waals surface area contributed by atoms with Gasteiger partial charge in [-0.15, -0.1) is 0 Å². The molecule has 0 spiro atoms. The smallest absolute Gasteiger partial charge is 0.305 e. The van der Waals surface area contributed by atoms with Gasteiger partial charge in [-0.1, -0.05) is 360 Å². The van der Waals surface area contributed by atoms with E-state index in [2.05, 4.69) is 31.3 Å². The molecule has 0 heterocycles. The lowest BCUT2D eigenvalue weighted by molar-refractivity contribution is -0.143. The van der Waals surface area contributed by atoms with Crippen LogP contribution in [0.3, 0.4) is 0 Å². The van der Waals surface area contributed by atoms with Crippen molar-refractivity contribution in [3.05, 3.63) is 12.2 Å². The quantitative estimate of drug-likeness (QED) is 0.0320. The second-order valence-corrected chi connectivity index (χ2v) is 24.9. The number of nitrogens with one attached hydrogen (secondary N) is 1. The van der Waals surface area contributed by atoms with E-state index in [4.69, 9.17) is 4.74 Å². The highest BCUT2D eigenvalue weighted by Crippen LogP contribution is 2.19. The van der Waals surface area contributed by atoms with Crippen LogP contribution < -0.4 is 5.32 Å². The lowest BCUT2D eigenvalue weighted by Crippen LogP contribution is -2.45. The van der Waals surface area contributed by atoms with Gasteiger partial charge in [-0.2, -0.15) is 0 Å². The third-order valence-electron chi connectivity index (χ3n) is 17.1. The molecule has 3 N–H and O–H groups in total. The molecule has 0 aromatic rings. The third kappa shape index (κ3) is 63.8. The maximum Gasteiger partial charge on any atom is 0.305 e. The molecule has 0 aromatic carbocycles. The molecule has 78 heavy (non-hydrogen) atoms. The fraction of sp³-hybridized carbons (Fsp3) is 0.944. The molecule has 0 aliphatic rings. The van der Waals surface area contributed by atoms with E-state index in [-0.39, 0.29) is 18.5 Å². The zero-order chi connectivity index (χ0) is 56.4. The van der Waals surface area contributed by atoms with Crippen molar-refractivity contribution in [2.45, 2.75) is 424 Å². The molecular weight excluding hydrogens is 959 g/mol. The molecule has 0 aromatic heterocycles. The molecule has 0 aliphatic heterocycles. The number of carbonyl (C=O) groups is 2. The van der Waals surface area contributed by atoms with E-state index in [0.29, 0.717) is 25.9 Å². The van der Waals surface area contributed by atoms with Gasteiger partial charge in [0, 0.05) is 12.8 Å². The Bertz CT molecular complexity index is 1180. The summed E-state index contributed by atoms with van der Waals surface area (Å²) in [6, 6.07) is -0.546. The molecule has 0 radical (unpaired) electrons. The molecule has 6 nitrogen and oxygen atoms in total. The number of allylic oxidation sites excluding steroid dienone is 2. The molecule has 0 fully saturated rings. The molecule has 0 saturated carbocycles. The number of esters is 1. The highest BCUT2D eigenvalue weighted by atomic mass is 16.5. The van der Waals surface area contributed by atoms with Crippen LogP contribution in [0.1, 0.15) is 412 Å². The first-order chi connectivity index (χ1) is 38.5. The van der Waals surface area contributed by atoms with Crippen molar-refractivity contribution in [1.29, 1.82) is 0 Å². The molecule has 0 rings (SSSR count). The zero-order valence-electron chi connectivity index (χ0n) is 53.2. The topological polar surface area (TPSA) is 95.9 Å². The number of hydrogen-bond acceptors (Lipinski definition) is 5. The first kappa shape index (κ1) is 76.6. The molecule has 0 bridgehead atoms. The summed E-state index contributed by atoms with van der Waals surface area (Å²) in [7, 11) is 0. The molecule has 0 aliphatic carbocycles. The summed E-state index contributed by atoms with van der Waals surface area (Å²) in [4.78, 5) is 24.7. The van der Waals surface area contributed by atoms with Crippen molar-refractivity contribution in [2.75, 3.05) is 13.2 Å². The van der Waals surface area contributed by atoms with Crippen molar-refractivity contribution >= 4 is 11.9 Å². The van der Waals surface area contributed by atoms with E-state index in [0.717, 1.165) is 44.9 Å². The lowest BCUT2D eigenvalue weighted by Gasteiger charge is -2.22. The number of ether oxygens (including phenoxy) is 1. The first-order valence-electron chi connectivity index (χ1n) is 35.9. The van der Waals surface area contributed by atoms with Crippen LogP contribution in [0.5, 0.6) is 0 Å². The maximum atomic E-state index is 12.6. The van der Waals surface area contributed by atoms with E-state index < -0.39 is 12.1 Å². The van der Waals surface area contributed by atoms with Gasteiger partial charge in [-0.25, -0.2) is 0 Å². The van der Waals surface area contributed by atoms with E-state index >= 15 is 0 Å². The summed E-state index contributed by atoms with van der Waals surface area (Å²) >= 11 is 0. The highest BCUT2D eigenvalue weighted by molar-refractivity contribution is 5.76. The Labute approximate surface area is 489 Å². The summed E-state index contributed by atoms with van der Waals surface area (Å²) in [6.45, 7) is 4.99. The fourth-order valence-electron chi connectivity index (χ4n) is 11.6. The van der Waals surface area contributed by atoms with E-state index in [9.17, 15) is 19.8 Å². The number of aliphatic hydroxyl groups excluding tert-OH is 2. The van der Waals surface area contributed by atoms with Crippen LogP contribution in [-0.2, 0) is 14.3 Å². The van der Waals surface area contributed by atoms with Gasteiger partial charge in [0.1, 0.15) is 0 Å². The Morgan fingerprint density at radius 3 is 0.910 bits per heavy atom.